The van der Waals surface area contributed by atoms with Gasteiger partial charge >= 0.3 is 6.09 Å². The highest BCUT2D eigenvalue weighted by Crippen LogP contribution is 2.22. The number of hydrogen-bond acceptors (Lipinski definition) is 4. The number of fused-ring (bicyclic) bond motifs is 1. The van der Waals surface area contributed by atoms with Gasteiger partial charge in [-0.1, -0.05) is 0 Å². The molecule has 0 saturated carbocycles. The Labute approximate surface area is 173 Å². The molecule has 0 aromatic carbocycles. The van der Waals surface area contributed by atoms with E-state index < -0.39 is 5.60 Å². The van der Waals surface area contributed by atoms with E-state index in [-0.39, 0.29) is 12.0 Å². The summed E-state index contributed by atoms with van der Waals surface area (Å²) in [6.45, 7) is 11.5. The van der Waals surface area contributed by atoms with Crippen LogP contribution in [0.5, 0.6) is 0 Å². The summed E-state index contributed by atoms with van der Waals surface area (Å²) in [5.41, 5.74) is 2.54. The first-order valence-corrected chi connectivity index (χ1v) is 10.3. The van der Waals surface area contributed by atoms with E-state index in [0.29, 0.717) is 44.0 Å². The van der Waals surface area contributed by atoms with Crippen molar-refractivity contribution in [2.75, 3.05) is 26.2 Å². The van der Waals surface area contributed by atoms with E-state index in [1.165, 1.54) is 0 Å². The van der Waals surface area contributed by atoms with Crippen LogP contribution in [0.3, 0.4) is 0 Å². The molecule has 152 valence electrons. The molecular weight excluding hydrogens is 424 g/mol. The van der Waals surface area contributed by atoms with E-state index in [2.05, 4.69) is 20.9 Å². The third kappa shape index (κ3) is 4.32. The van der Waals surface area contributed by atoms with Crippen LogP contribution < -0.4 is 0 Å². The standard InChI is InChI=1S/C20H27BrN4O3/c1-13-11-15(21)12-25-16(14(2)22-17(13)25)18(26)23-7-6-8-24(10-9-23)19(27)28-20(3,4)5/h11-12H,6-10H2,1-5H3. The van der Waals surface area contributed by atoms with E-state index in [4.69, 9.17) is 4.74 Å². The first kappa shape index (κ1) is 20.6. The van der Waals surface area contributed by atoms with Gasteiger partial charge in [0.15, 0.2) is 0 Å². The Bertz CT molecular complexity index is 916. The molecule has 0 unspecified atom stereocenters. The fraction of sp³-hybridized carbons (Fsp3) is 0.550. The number of hydrogen-bond donors (Lipinski definition) is 0. The van der Waals surface area contributed by atoms with E-state index >= 15 is 0 Å². The summed E-state index contributed by atoms with van der Waals surface area (Å²) < 4.78 is 8.22. The smallest absolute Gasteiger partial charge is 0.410 e. The van der Waals surface area contributed by atoms with Crippen molar-refractivity contribution in [1.82, 2.24) is 19.2 Å². The Morgan fingerprint density at radius 3 is 2.43 bits per heavy atom. The number of nitrogens with zero attached hydrogens (tertiary/aromatic N) is 4. The summed E-state index contributed by atoms with van der Waals surface area (Å²) in [5.74, 6) is -0.0615. The average molecular weight is 451 g/mol. The Balaban J connectivity index is 1.80. The van der Waals surface area contributed by atoms with Crippen molar-refractivity contribution >= 4 is 33.6 Å². The fourth-order valence-electron chi connectivity index (χ4n) is 3.42. The van der Waals surface area contributed by atoms with Crippen LogP contribution in [0, 0.1) is 13.8 Å². The number of carbonyl (C=O) groups excluding carboxylic acids is 2. The van der Waals surface area contributed by atoms with E-state index in [1.807, 2.05) is 51.3 Å². The summed E-state index contributed by atoms with van der Waals surface area (Å²) in [7, 11) is 0. The summed E-state index contributed by atoms with van der Waals surface area (Å²) >= 11 is 3.50. The molecule has 0 N–H and O–H groups in total. The van der Waals surface area contributed by atoms with Gasteiger partial charge < -0.3 is 14.5 Å². The van der Waals surface area contributed by atoms with Gasteiger partial charge in [0, 0.05) is 36.8 Å². The van der Waals surface area contributed by atoms with Crippen molar-refractivity contribution in [2.24, 2.45) is 0 Å². The lowest BCUT2D eigenvalue weighted by Gasteiger charge is -2.26. The van der Waals surface area contributed by atoms with Crippen LogP contribution in [0.4, 0.5) is 4.79 Å². The van der Waals surface area contributed by atoms with Gasteiger partial charge in [-0.3, -0.25) is 9.20 Å². The SMILES string of the molecule is Cc1nc2c(C)cc(Br)cn2c1C(=O)N1CCCN(C(=O)OC(C)(C)C)CC1. The summed E-state index contributed by atoms with van der Waals surface area (Å²) in [6, 6.07) is 1.99. The molecule has 2 aromatic rings. The molecule has 7 nitrogen and oxygen atoms in total. The molecule has 0 aliphatic carbocycles. The normalized spacial score (nSPS) is 15.6. The monoisotopic (exact) mass is 450 g/mol. The summed E-state index contributed by atoms with van der Waals surface area (Å²) in [4.78, 5) is 33.7. The van der Waals surface area contributed by atoms with Crippen LogP contribution in [-0.4, -0.2) is 63.0 Å². The number of rotatable bonds is 1. The molecule has 1 saturated heterocycles. The van der Waals surface area contributed by atoms with Crippen LogP contribution in [0.1, 0.15) is 48.9 Å². The van der Waals surface area contributed by atoms with Crippen molar-refractivity contribution in [3.8, 4) is 0 Å². The molecule has 3 heterocycles. The van der Waals surface area contributed by atoms with Gasteiger partial charge in [0.05, 0.1) is 5.69 Å². The van der Waals surface area contributed by atoms with Gasteiger partial charge in [0.2, 0.25) is 0 Å². The van der Waals surface area contributed by atoms with E-state index in [9.17, 15) is 9.59 Å². The Morgan fingerprint density at radius 1 is 1.11 bits per heavy atom. The Morgan fingerprint density at radius 2 is 1.75 bits per heavy atom. The molecule has 1 fully saturated rings. The molecule has 0 bridgehead atoms. The molecule has 1 aliphatic rings. The van der Waals surface area contributed by atoms with Gasteiger partial charge in [-0.25, -0.2) is 9.78 Å². The van der Waals surface area contributed by atoms with Gasteiger partial charge in [0.1, 0.15) is 16.9 Å². The molecule has 0 radical (unpaired) electrons. The van der Waals surface area contributed by atoms with Gasteiger partial charge in [-0.2, -0.15) is 0 Å². The molecule has 2 aromatic heterocycles. The maximum atomic E-state index is 13.3. The molecular formula is C20H27BrN4O3. The van der Waals surface area contributed by atoms with E-state index in [0.717, 1.165) is 15.7 Å². The summed E-state index contributed by atoms with van der Waals surface area (Å²) in [5, 5.41) is 0. The topological polar surface area (TPSA) is 67.2 Å². The highest BCUT2D eigenvalue weighted by atomic mass is 79.9. The van der Waals surface area contributed by atoms with Crippen molar-refractivity contribution in [1.29, 1.82) is 0 Å². The number of pyridine rings is 1. The highest BCUT2D eigenvalue weighted by molar-refractivity contribution is 9.10. The number of halogens is 1. The summed E-state index contributed by atoms with van der Waals surface area (Å²) in [6.07, 6.45) is 2.26. The Hall–Kier alpha value is -2.09. The lowest BCUT2D eigenvalue weighted by molar-refractivity contribution is 0.0255. The number of aryl methyl sites for hydroxylation is 2. The number of imidazole rings is 1. The molecule has 8 heteroatoms. The van der Waals surface area contributed by atoms with Crippen molar-refractivity contribution in [3.63, 3.8) is 0 Å². The second-order valence-electron chi connectivity index (χ2n) is 8.19. The van der Waals surface area contributed by atoms with Gasteiger partial charge in [-0.15, -0.1) is 0 Å². The minimum Gasteiger partial charge on any atom is -0.444 e. The van der Waals surface area contributed by atoms with Crippen LogP contribution >= 0.6 is 15.9 Å². The second-order valence-corrected chi connectivity index (χ2v) is 9.11. The first-order chi connectivity index (χ1) is 13.1. The molecule has 3 rings (SSSR count). The minimum absolute atomic E-state index is 0.0615. The lowest BCUT2D eigenvalue weighted by atomic mass is 10.2. The molecule has 28 heavy (non-hydrogen) atoms. The maximum Gasteiger partial charge on any atom is 0.410 e. The molecule has 0 spiro atoms. The number of amides is 2. The van der Waals surface area contributed by atoms with Crippen molar-refractivity contribution in [2.45, 2.75) is 46.6 Å². The zero-order valence-electron chi connectivity index (χ0n) is 17.1. The third-order valence-electron chi connectivity index (χ3n) is 4.68. The predicted octanol–water partition coefficient (Wildman–Crippen LogP) is 3.80. The number of ether oxygens (including phenoxy) is 1. The maximum absolute atomic E-state index is 13.3. The molecule has 2 amide bonds. The van der Waals surface area contributed by atoms with Crippen LogP contribution in [0.25, 0.3) is 5.65 Å². The van der Waals surface area contributed by atoms with Gasteiger partial charge in [-0.05, 0) is 68.6 Å². The van der Waals surface area contributed by atoms with Crippen LogP contribution in [-0.2, 0) is 4.74 Å². The number of aromatic nitrogens is 2. The third-order valence-corrected chi connectivity index (χ3v) is 5.12. The highest BCUT2D eigenvalue weighted by Gasteiger charge is 2.28. The molecule has 0 atom stereocenters. The van der Waals surface area contributed by atoms with Crippen molar-refractivity contribution < 1.29 is 14.3 Å². The number of carbonyl (C=O) groups is 2. The zero-order chi connectivity index (χ0) is 20.6. The average Bonchev–Trinajstić information content (AvgIpc) is 2.76. The second kappa shape index (κ2) is 7.73. The quantitative estimate of drug-likeness (QED) is 0.662. The fourth-order valence-corrected chi connectivity index (χ4v) is 3.97. The van der Waals surface area contributed by atoms with Crippen LogP contribution in [0.2, 0.25) is 0 Å². The van der Waals surface area contributed by atoms with Crippen molar-refractivity contribution in [3.05, 3.63) is 33.7 Å². The van der Waals surface area contributed by atoms with Gasteiger partial charge in [0.25, 0.3) is 5.91 Å². The zero-order valence-corrected chi connectivity index (χ0v) is 18.7. The largest absolute Gasteiger partial charge is 0.444 e. The Kier molecular flexibility index (Phi) is 5.70. The predicted molar refractivity (Wildman–Crippen MR) is 111 cm³/mol. The van der Waals surface area contributed by atoms with Crippen LogP contribution in [0.15, 0.2) is 16.7 Å². The first-order valence-electron chi connectivity index (χ1n) is 9.49. The molecule has 1 aliphatic heterocycles. The lowest BCUT2D eigenvalue weighted by Crippen LogP contribution is -2.40. The van der Waals surface area contributed by atoms with E-state index in [1.54, 1.807) is 9.80 Å². The minimum atomic E-state index is -0.530.